The Bertz CT molecular complexity index is 882. The molecule has 2 heterocycles. The minimum atomic E-state index is -0.567. The van der Waals surface area contributed by atoms with Crippen LogP contribution in [-0.4, -0.2) is 27.3 Å². The van der Waals surface area contributed by atoms with Crippen LogP contribution < -0.4 is 24.6 Å². The second-order valence-corrected chi connectivity index (χ2v) is 5.58. The Balaban J connectivity index is 2.25. The highest BCUT2D eigenvalue weighted by Crippen LogP contribution is 2.47. The molecule has 0 saturated carbocycles. The summed E-state index contributed by atoms with van der Waals surface area (Å²) in [5.41, 5.74) is 0.370. The van der Waals surface area contributed by atoms with Crippen LogP contribution in [0.15, 0.2) is 27.4 Å². The zero-order chi connectivity index (χ0) is 18.1. The molecule has 1 aliphatic heterocycles. The lowest BCUT2D eigenvalue weighted by Gasteiger charge is -2.26. The van der Waals surface area contributed by atoms with Crippen molar-refractivity contribution < 1.29 is 28.2 Å². The molecule has 0 spiro atoms. The van der Waals surface area contributed by atoms with E-state index in [-0.39, 0.29) is 17.7 Å². The summed E-state index contributed by atoms with van der Waals surface area (Å²) in [6.07, 6.45) is -0.00728. The van der Waals surface area contributed by atoms with Crippen molar-refractivity contribution in [2.45, 2.75) is 19.3 Å². The Labute approximate surface area is 144 Å². The van der Waals surface area contributed by atoms with Crippen LogP contribution in [0.25, 0.3) is 0 Å². The average molecular weight is 346 g/mol. The van der Waals surface area contributed by atoms with E-state index in [1.807, 2.05) is 0 Å². The molecular formula is C18H18O7. The van der Waals surface area contributed by atoms with Gasteiger partial charge in [-0.05, 0) is 13.0 Å². The van der Waals surface area contributed by atoms with Gasteiger partial charge in [-0.2, -0.15) is 0 Å². The van der Waals surface area contributed by atoms with Crippen molar-refractivity contribution in [3.8, 4) is 23.0 Å². The summed E-state index contributed by atoms with van der Waals surface area (Å²) >= 11 is 0. The first-order chi connectivity index (χ1) is 12.0. The van der Waals surface area contributed by atoms with E-state index in [1.54, 1.807) is 19.1 Å². The number of methoxy groups -OCH3 is 3. The number of carbonyl (C=O) groups excluding carboxylic acids is 1. The van der Waals surface area contributed by atoms with Crippen LogP contribution in [0.1, 0.15) is 29.2 Å². The molecule has 7 nitrogen and oxygen atoms in total. The van der Waals surface area contributed by atoms with Crippen molar-refractivity contribution in [3.05, 3.63) is 45.5 Å². The Hall–Kier alpha value is -2.96. The van der Waals surface area contributed by atoms with Crippen molar-refractivity contribution in [1.82, 2.24) is 0 Å². The second-order valence-electron chi connectivity index (χ2n) is 5.58. The van der Waals surface area contributed by atoms with Crippen LogP contribution in [0.3, 0.4) is 0 Å². The minimum absolute atomic E-state index is 0.00728. The van der Waals surface area contributed by atoms with Gasteiger partial charge in [0.25, 0.3) is 0 Å². The van der Waals surface area contributed by atoms with Crippen molar-refractivity contribution in [3.63, 3.8) is 0 Å². The number of ether oxygens (including phenoxy) is 4. The largest absolute Gasteiger partial charge is 0.493 e. The molecule has 0 amide bonds. The third kappa shape index (κ3) is 2.82. The van der Waals surface area contributed by atoms with Gasteiger partial charge in [0.1, 0.15) is 11.5 Å². The molecule has 3 rings (SSSR count). The molecule has 25 heavy (non-hydrogen) atoms. The molecule has 0 fully saturated rings. The van der Waals surface area contributed by atoms with E-state index in [0.29, 0.717) is 28.6 Å². The Morgan fingerprint density at radius 2 is 1.76 bits per heavy atom. The van der Waals surface area contributed by atoms with E-state index in [9.17, 15) is 9.59 Å². The minimum Gasteiger partial charge on any atom is -0.493 e. The van der Waals surface area contributed by atoms with Gasteiger partial charge in [-0.1, -0.05) is 6.07 Å². The Kier molecular flexibility index (Phi) is 4.39. The van der Waals surface area contributed by atoms with E-state index in [4.69, 9.17) is 23.4 Å². The van der Waals surface area contributed by atoms with Crippen LogP contribution in [0, 0.1) is 6.92 Å². The average Bonchev–Trinajstić information content (AvgIpc) is 2.58. The van der Waals surface area contributed by atoms with E-state index >= 15 is 0 Å². The maximum absolute atomic E-state index is 12.4. The van der Waals surface area contributed by atoms with Gasteiger partial charge in [-0.25, -0.2) is 4.79 Å². The summed E-state index contributed by atoms with van der Waals surface area (Å²) in [5.74, 6) is 0.857. The third-order valence-corrected chi connectivity index (χ3v) is 4.13. The van der Waals surface area contributed by atoms with Crippen molar-refractivity contribution in [2.24, 2.45) is 0 Å². The first-order valence-corrected chi connectivity index (χ1v) is 7.64. The molecule has 1 aliphatic rings. The second kappa shape index (κ2) is 6.51. The van der Waals surface area contributed by atoms with E-state index in [1.165, 1.54) is 27.4 Å². The first-order valence-electron chi connectivity index (χ1n) is 7.64. The summed E-state index contributed by atoms with van der Waals surface area (Å²) in [6, 6.07) is 4.98. The predicted octanol–water partition coefficient (Wildman–Crippen LogP) is 2.42. The van der Waals surface area contributed by atoms with Gasteiger partial charge in [-0.15, -0.1) is 0 Å². The highest BCUT2D eigenvalue weighted by molar-refractivity contribution is 5.78. The number of esters is 1. The predicted molar refractivity (Wildman–Crippen MR) is 87.9 cm³/mol. The molecule has 1 aromatic carbocycles. The topological polar surface area (TPSA) is 84.2 Å². The molecule has 1 aromatic heterocycles. The van der Waals surface area contributed by atoms with Gasteiger partial charge >= 0.3 is 11.6 Å². The summed E-state index contributed by atoms with van der Waals surface area (Å²) in [6.45, 7) is 1.62. The van der Waals surface area contributed by atoms with Crippen LogP contribution >= 0.6 is 0 Å². The molecule has 0 unspecified atom stereocenters. The number of fused-ring (bicyclic) bond motifs is 1. The number of rotatable bonds is 4. The van der Waals surface area contributed by atoms with Crippen molar-refractivity contribution in [2.75, 3.05) is 21.3 Å². The maximum atomic E-state index is 12.4. The van der Waals surface area contributed by atoms with Gasteiger partial charge in [0.05, 0.1) is 33.3 Å². The van der Waals surface area contributed by atoms with Crippen LogP contribution in [0.2, 0.25) is 0 Å². The molecule has 2 aromatic rings. The third-order valence-electron chi connectivity index (χ3n) is 4.13. The van der Waals surface area contributed by atoms with E-state index in [0.717, 1.165) is 0 Å². The van der Waals surface area contributed by atoms with Crippen LogP contribution in [-0.2, 0) is 4.79 Å². The maximum Gasteiger partial charge on any atom is 0.343 e. The fourth-order valence-corrected chi connectivity index (χ4v) is 3.09. The number of benzene rings is 1. The molecule has 7 heteroatoms. The molecule has 132 valence electrons. The molecule has 0 radical (unpaired) electrons. The fraction of sp³-hybridized carbons (Fsp3) is 0.333. The van der Waals surface area contributed by atoms with E-state index < -0.39 is 17.5 Å². The first kappa shape index (κ1) is 16.9. The van der Waals surface area contributed by atoms with Gasteiger partial charge in [0, 0.05) is 17.5 Å². The molecule has 0 bridgehead atoms. The lowest BCUT2D eigenvalue weighted by Crippen LogP contribution is -2.27. The lowest BCUT2D eigenvalue weighted by atomic mass is 9.86. The van der Waals surface area contributed by atoms with Gasteiger partial charge < -0.3 is 23.4 Å². The number of hydrogen-bond acceptors (Lipinski definition) is 7. The number of carbonyl (C=O) groups is 1. The molecule has 0 N–H and O–H groups in total. The summed E-state index contributed by atoms with van der Waals surface area (Å²) in [7, 11) is 4.49. The lowest BCUT2D eigenvalue weighted by molar-refractivity contribution is -0.135. The SMILES string of the molecule is COc1ccc([C@H]2CC(=O)Oc3cc(C)oc(=O)c32)c(OC)c1OC. The standard InChI is InChI=1S/C18H18O7/c1-9-7-13-15(18(20)24-9)11(8-14(19)25-13)10-5-6-12(21-2)17(23-4)16(10)22-3/h5-7,11H,8H2,1-4H3/t11-/m1/s1. The number of aryl methyl sites for hydroxylation is 1. The van der Waals surface area contributed by atoms with E-state index in [2.05, 4.69) is 0 Å². The number of hydrogen-bond donors (Lipinski definition) is 0. The Morgan fingerprint density at radius 3 is 2.40 bits per heavy atom. The zero-order valence-electron chi connectivity index (χ0n) is 14.4. The normalized spacial score (nSPS) is 16.0. The smallest absolute Gasteiger partial charge is 0.343 e. The Morgan fingerprint density at radius 1 is 1.04 bits per heavy atom. The summed E-state index contributed by atoms with van der Waals surface area (Å²) in [4.78, 5) is 24.5. The van der Waals surface area contributed by atoms with Crippen molar-refractivity contribution in [1.29, 1.82) is 0 Å². The van der Waals surface area contributed by atoms with Crippen molar-refractivity contribution >= 4 is 5.97 Å². The summed E-state index contributed by atoms with van der Waals surface area (Å²) < 4.78 is 26.6. The van der Waals surface area contributed by atoms with Gasteiger partial charge in [0.15, 0.2) is 11.5 Å². The molecule has 0 saturated heterocycles. The highest BCUT2D eigenvalue weighted by Gasteiger charge is 2.35. The monoisotopic (exact) mass is 346 g/mol. The summed E-state index contributed by atoms with van der Waals surface area (Å²) in [5, 5.41) is 0. The van der Waals surface area contributed by atoms with Gasteiger partial charge in [0.2, 0.25) is 5.75 Å². The zero-order valence-corrected chi connectivity index (χ0v) is 14.4. The van der Waals surface area contributed by atoms with Crippen LogP contribution in [0.5, 0.6) is 23.0 Å². The highest BCUT2D eigenvalue weighted by atomic mass is 16.5. The van der Waals surface area contributed by atoms with Gasteiger partial charge in [-0.3, -0.25) is 4.79 Å². The fourth-order valence-electron chi connectivity index (χ4n) is 3.09. The molecular weight excluding hydrogens is 328 g/mol. The molecule has 0 aliphatic carbocycles. The molecule has 1 atom stereocenters. The van der Waals surface area contributed by atoms with Crippen LogP contribution in [0.4, 0.5) is 0 Å². The quantitative estimate of drug-likeness (QED) is 0.786.